The van der Waals surface area contributed by atoms with Crippen molar-refractivity contribution in [3.63, 3.8) is 0 Å². The number of nitrogens with zero attached hydrogens (tertiary/aromatic N) is 1. The zero-order valence-corrected chi connectivity index (χ0v) is 9.34. The Morgan fingerprint density at radius 3 is 2.73 bits per heavy atom. The van der Waals surface area contributed by atoms with Crippen LogP contribution in [0.25, 0.3) is 0 Å². The van der Waals surface area contributed by atoms with E-state index in [4.69, 9.17) is 11.6 Å². The summed E-state index contributed by atoms with van der Waals surface area (Å²) in [6.45, 7) is 2.08. The van der Waals surface area contributed by atoms with Crippen molar-refractivity contribution in [1.82, 2.24) is 0 Å². The summed E-state index contributed by atoms with van der Waals surface area (Å²) >= 11 is 6.02. The Hall–Kier alpha value is -1.11. The van der Waals surface area contributed by atoms with Gasteiger partial charge in [0.2, 0.25) is 6.08 Å². The zero-order valence-electron chi connectivity index (χ0n) is 8.59. The molecule has 2 rings (SSSR count). The van der Waals surface area contributed by atoms with Crippen molar-refractivity contribution < 1.29 is 4.79 Å². The molecule has 1 aromatic rings. The lowest BCUT2D eigenvalue weighted by Gasteiger charge is -2.10. The van der Waals surface area contributed by atoms with Gasteiger partial charge in [-0.15, -0.1) is 0 Å². The summed E-state index contributed by atoms with van der Waals surface area (Å²) in [4.78, 5) is 14.2. The topological polar surface area (TPSA) is 29.4 Å². The molecule has 0 saturated heterocycles. The smallest absolute Gasteiger partial charge is 0.211 e. The van der Waals surface area contributed by atoms with E-state index in [1.807, 2.05) is 12.1 Å². The van der Waals surface area contributed by atoms with Gasteiger partial charge in [0.05, 0.1) is 5.54 Å². The summed E-state index contributed by atoms with van der Waals surface area (Å²) in [6.07, 6.45) is 4.44. The third kappa shape index (κ3) is 1.97. The van der Waals surface area contributed by atoms with Gasteiger partial charge in [0, 0.05) is 5.02 Å². The van der Waals surface area contributed by atoms with Gasteiger partial charge < -0.3 is 0 Å². The molecule has 2 nitrogen and oxygen atoms in total. The number of rotatable bonds is 3. The minimum Gasteiger partial charge on any atom is -0.211 e. The molecule has 78 valence electrons. The van der Waals surface area contributed by atoms with Gasteiger partial charge in [-0.1, -0.05) is 24.6 Å². The molecule has 0 unspecified atom stereocenters. The maximum atomic E-state index is 10.3. The van der Waals surface area contributed by atoms with Crippen molar-refractivity contribution in [3.05, 3.63) is 34.3 Å². The molecule has 1 fully saturated rings. The highest BCUT2D eigenvalue weighted by Gasteiger charge is 2.45. The maximum Gasteiger partial charge on any atom is 0.235 e. The largest absolute Gasteiger partial charge is 0.235 e. The third-order valence-corrected chi connectivity index (χ3v) is 3.10. The lowest BCUT2D eigenvalue weighted by molar-refractivity contribution is 0.556. The highest BCUT2D eigenvalue weighted by Crippen LogP contribution is 2.49. The SMILES string of the molecule is CCc1cc(Cl)cc(C2(N=C=O)CC2)c1. The minimum atomic E-state index is -0.309. The molecule has 0 amide bonds. The van der Waals surface area contributed by atoms with E-state index < -0.39 is 0 Å². The third-order valence-electron chi connectivity index (χ3n) is 2.89. The van der Waals surface area contributed by atoms with E-state index in [1.165, 1.54) is 5.56 Å². The van der Waals surface area contributed by atoms with Crippen molar-refractivity contribution >= 4 is 17.7 Å². The fourth-order valence-corrected chi connectivity index (χ4v) is 2.05. The number of aliphatic imine (C=N–C) groups is 1. The van der Waals surface area contributed by atoms with E-state index in [0.717, 1.165) is 29.8 Å². The summed E-state index contributed by atoms with van der Waals surface area (Å²) in [5.74, 6) is 0. The lowest BCUT2D eigenvalue weighted by atomic mass is 10.0. The van der Waals surface area contributed by atoms with Gasteiger partial charge in [-0.05, 0) is 42.5 Å². The van der Waals surface area contributed by atoms with Gasteiger partial charge in [0.25, 0.3) is 0 Å². The molecule has 1 aromatic carbocycles. The van der Waals surface area contributed by atoms with Crippen LogP contribution in [0, 0.1) is 0 Å². The normalized spacial score (nSPS) is 16.9. The molecule has 0 spiro atoms. The van der Waals surface area contributed by atoms with Crippen LogP contribution in [0.4, 0.5) is 0 Å². The van der Waals surface area contributed by atoms with Gasteiger partial charge in [-0.2, -0.15) is 4.99 Å². The molecule has 1 saturated carbocycles. The molecular weight excluding hydrogens is 210 g/mol. The fraction of sp³-hybridized carbons (Fsp3) is 0.417. The molecule has 3 heteroatoms. The first-order chi connectivity index (χ1) is 7.20. The Kier molecular flexibility index (Phi) is 2.64. The second-order valence-electron chi connectivity index (χ2n) is 3.94. The van der Waals surface area contributed by atoms with Gasteiger partial charge in [-0.25, -0.2) is 4.79 Å². The van der Waals surface area contributed by atoms with E-state index in [0.29, 0.717) is 0 Å². The molecule has 0 radical (unpaired) electrons. The first-order valence-corrected chi connectivity index (χ1v) is 5.47. The predicted octanol–water partition coefficient (Wildman–Crippen LogP) is 3.23. The summed E-state index contributed by atoms with van der Waals surface area (Å²) in [7, 11) is 0. The Balaban J connectivity index is 2.44. The highest BCUT2D eigenvalue weighted by atomic mass is 35.5. The van der Waals surface area contributed by atoms with Crippen molar-refractivity contribution in [3.8, 4) is 0 Å². The molecule has 1 aliphatic carbocycles. The number of carbonyl (C=O) groups excluding carboxylic acids is 1. The van der Waals surface area contributed by atoms with E-state index in [1.54, 1.807) is 6.08 Å². The van der Waals surface area contributed by atoms with Gasteiger partial charge in [-0.3, -0.25) is 0 Å². The van der Waals surface area contributed by atoms with Crippen LogP contribution in [0.2, 0.25) is 5.02 Å². The number of isocyanates is 1. The average molecular weight is 222 g/mol. The van der Waals surface area contributed by atoms with Crippen LogP contribution >= 0.6 is 11.6 Å². The Labute approximate surface area is 94.0 Å². The molecule has 1 aliphatic rings. The van der Waals surface area contributed by atoms with Crippen molar-refractivity contribution in [2.75, 3.05) is 0 Å². The number of halogens is 1. The summed E-state index contributed by atoms with van der Waals surface area (Å²) in [5, 5.41) is 0.719. The molecule has 0 aliphatic heterocycles. The van der Waals surface area contributed by atoms with Crippen LogP contribution in [-0.4, -0.2) is 6.08 Å². The standard InChI is InChI=1S/C12H12ClNO/c1-2-9-5-10(7-11(13)6-9)12(3-4-12)14-8-15/h5-7H,2-4H2,1H3. The van der Waals surface area contributed by atoms with Crippen molar-refractivity contribution in [2.45, 2.75) is 31.7 Å². The summed E-state index contributed by atoms with van der Waals surface area (Å²) in [5.41, 5.74) is 1.93. The van der Waals surface area contributed by atoms with Crippen molar-refractivity contribution in [1.29, 1.82) is 0 Å². The number of benzene rings is 1. The maximum absolute atomic E-state index is 10.3. The lowest BCUT2D eigenvalue weighted by Crippen LogP contribution is -2.03. The summed E-state index contributed by atoms with van der Waals surface area (Å²) < 4.78 is 0. The van der Waals surface area contributed by atoms with E-state index in [2.05, 4.69) is 18.0 Å². The second-order valence-corrected chi connectivity index (χ2v) is 4.37. The molecule has 15 heavy (non-hydrogen) atoms. The van der Waals surface area contributed by atoms with Gasteiger partial charge >= 0.3 is 0 Å². The second kappa shape index (κ2) is 3.80. The molecule has 0 aromatic heterocycles. The van der Waals surface area contributed by atoms with Crippen LogP contribution in [0.15, 0.2) is 23.2 Å². The molecular formula is C12H12ClNO. The van der Waals surface area contributed by atoms with E-state index >= 15 is 0 Å². The fourth-order valence-electron chi connectivity index (χ4n) is 1.79. The zero-order chi connectivity index (χ0) is 10.9. The van der Waals surface area contributed by atoms with E-state index in [9.17, 15) is 4.79 Å². The Morgan fingerprint density at radius 1 is 1.47 bits per heavy atom. The summed E-state index contributed by atoms with van der Waals surface area (Å²) in [6, 6.07) is 5.93. The van der Waals surface area contributed by atoms with Crippen LogP contribution in [-0.2, 0) is 16.8 Å². The average Bonchev–Trinajstić information content (AvgIpc) is 2.98. The van der Waals surface area contributed by atoms with Gasteiger partial charge in [0.15, 0.2) is 0 Å². The monoisotopic (exact) mass is 221 g/mol. The molecule has 0 heterocycles. The number of aryl methyl sites for hydroxylation is 1. The minimum absolute atomic E-state index is 0.309. The van der Waals surface area contributed by atoms with Crippen LogP contribution < -0.4 is 0 Å². The van der Waals surface area contributed by atoms with Crippen molar-refractivity contribution in [2.24, 2.45) is 4.99 Å². The molecule has 0 bridgehead atoms. The Bertz CT molecular complexity index is 431. The van der Waals surface area contributed by atoms with E-state index in [-0.39, 0.29) is 5.54 Å². The van der Waals surface area contributed by atoms with Crippen LogP contribution in [0.5, 0.6) is 0 Å². The molecule has 0 N–H and O–H groups in total. The first-order valence-electron chi connectivity index (χ1n) is 5.09. The quantitative estimate of drug-likeness (QED) is 0.569. The molecule has 0 atom stereocenters. The highest BCUT2D eigenvalue weighted by molar-refractivity contribution is 6.30. The van der Waals surface area contributed by atoms with Crippen LogP contribution in [0.1, 0.15) is 30.9 Å². The predicted molar refractivity (Wildman–Crippen MR) is 59.9 cm³/mol. The van der Waals surface area contributed by atoms with Crippen LogP contribution in [0.3, 0.4) is 0 Å². The number of hydrogen-bond acceptors (Lipinski definition) is 2. The number of hydrogen-bond donors (Lipinski definition) is 0. The first kappa shape index (κ1) is 10.4. The Morgan fingerprint density at radius 2 is 2.20 bits per heavy atom. The van der Waals surface area contributed by atoms with Gasteiger partial charge in [0.1, 0.15) is 0 Å².